The molecule has 1 unspecified atom stereocenters. The van der Waals surface area contributed by atoms with Crippen LogP contribution >= 0.6 is 27.5 Å². The highest BCUT2D eigenvalue weighted by molar-refractivity contribution is 9.10. The van der Waals surface area contributed by atoms with Crippen molar-refractivity contribution in [2.24, 2.45) is 7.05 Å². The van der Waals surface area contributed by atoms with E-state index in [0.29, 0.717) is 17.9 Å². The van der Waals surface area contributed by atoms with Crippen molar-refractivity contribution in [2.75, 3.05) is 0 Å². The quantitative estimate of drug-likeness (QED) is 0.925. The molecule has 1 aromatic heterocycles. The van der Waals surface area contributed by atoms with Crippen molar-refractivity contribution in [3.05, 3.63) is 50.7 Å². The zero-order valence-electron chi connectivity index (χ0n) is 10.9. The van der Waals surface area contributed by atoms with E-state index in [4.69, 9.17) is 11.6 Å². The van der Waals surface area contributed by atoms with Gasteiger partial charge in [-0.25, -0.2) is 0 Å². The van der Waals surface area contributed by atoms with E-state index < -0.39 is 6.10 Å². The van der Waals surface area contributed by atoms with Crippen LogP contribution < -0.4 is 0 Å². The minimum Gasteiger partial charge on any atom is -0.392 e. The highest BCUT2D eigenvalue weighted by Crippen LogP contribution is 2.23. The number of aromatic nitrogens is 2. The number of aliphatic hydroxyl groups excluding tert-OH is 1. The Bertz CT molecular complexity index is 583. The van der Waals surface area contributed by atoms with Gasteiger partial charge in [0.15, 0.2) is 0 Å². The highest BCUT2D eigenvalue weighted by Gasteiger charge is 2.16. The number of aliphatic hydroxyl groups is 1. The molecule has 19 heavy (non-hydrogen) atoms. The van der Waals surface area contributed by atoms with Crippen LogP contribution in [0.4, 0.5) is 0 Å². The molecule has 1 heterocycles. The molecular formula is C14H16BrClN2O. The summed E-state index contributed by atoms with van der Waals surface area (Å²) in [5.41, 5.74) is 2.76. The molecule has 0 aliphatic heterocycles. The van der Waals surface area contributed by atoms with Gasteiger partial charge in [-0.1, -0.05) is 45.7 Å². The molecule has 0 fully saturated rings. The second kappa shape index (κ2) is 6.07. The molecule has 0 aliphatic rings. The van der Waals surface area contributed by atoms with Gasteiger partial charge in [0.2, 0.25) is 0 Å². The van der Waals surface area contributed by atoms with Crippen molar-refractivity contribution in [1.82, 2.24) is 9.78 Å². The first-order chi connectivity index (χ1) is 8.99. The fraction of sp³-hybridized carbons (Fsp3) is 0.357. The summed E-state index contributed by atoms with van der Waals surface area (Å²) < 4.78 is 2.75. The predicted octanol–water partition coefficient (Wildman–Crippen LogP) is 3.29. The molecule has 0 bridgehead atoms. The van der Waals surface area contributed by atoms with E-state index in [0.717, 1.165) is 21.4 Å². The standard InChI is InChI=1S/C14H16BrClN2O/c1-9-14(16)13(18(2)17-9)8-11(19)7-10-5-3-4-6-12(10)15/h3-6,11,19H,7-8H2,1-2H3. The summed E-state index contributed by atoms with van der Waals surface area (Å²) in [6, 6.07) is 7.90. The van der Waals surface area contributed by atoms with Crippen molar-refractivity contribution in [3.63, 3.8) is 0 Å². The Morgan fingerprint density at radius 1 is 1.37 bits per heavy atom. The fourth-order valence-corrected chi connectivity index (χ4v) is 2.80. The molecule has 0 saturated carbocycles. The summed E-state index contributed by atoms with van der Waals surface area (Å²) in [4.78, 5) is 0. The van der Waals surface area contributed by atoms with E-state index in [1.807, 2.05) is 38.2 Å². The summed E-state index contributed by atoms with van der Waals surface area (Å²) in [7, 11) is 1.85. The zero-order chi connectivity index (χ0) is 14.0. The predicted molar refractivity (Wildman–Crippen MR) is 80.5 cm³/mol. The number of hydrogen-bond acceptors (Lipinski definition) is 2. The maximum atomic E-state index is 10.2. The van der Waals surface area contributed by atoms with E-state index in [1.54, 1.807) is 4.68 Å². The normalized spacial score (nSPS) is 12.7. The molecular weight excluding hydrogens is 328 g/mol. The van der Waals surface area contributed by atoms with Crippen LogP contribution in [0.2, 0.25) is 5.02 Å². The maximum Gasteiger partial charge on any atom is 0.0847 e. The molecule has 0 saturated heterocycles. The van der Waals surface area contributed by atoms with Crippen LogP contribution in [0.3, 0.4) is 0 Å². The number of halogens is 2. The molecule has 1 aromatic carbocycles. The van der Waals surface area contributed by atoms with Crippen LogP contribution in [-0.4, -0.2) is 21.0 Å². The van der Waals surface area contributed by atoms with Crippen LogP contribution in [0.5, 0.6) is 0 Å². The lowest BCUT2D eigenvalue weighted by Gasteiger charge is -2.12. The van der Waals surface area contributed by atoms with Crippen molar-refractivity contribution in [1.29, 1.82) is 0 Å². The molecule has 1 N–H and O–H groups in total. The number of hydrogen-bond donors (Lipinski definition) is 1. The Balaban J connectivity index is 2.10. The van der Waals surface area contributed by atoms with Gasteiger partial charge in [-0.2, -0.15) is 5.10 Å². The Kier molecular flexibility index (Phi) is 4.66. The monoisotopic (exact) mass is 342 g/mol. The Morgan fingerprint density at radius 3 is 2.63 bits per heavy atom. The Hall–Kier alpha value is -0.840. The van der Waals surface area contributed by atoms with E-state index in [9.17, 15) is 5.11 Å². The molecule has 1 atom stereocenters. The molecule has 0 radical (unpaired) electrons. The minimum atomic E-state index is -0.481. The summed E-state index contributed by atoms with van der Waals surface area (Å²) >= 11 is 9.68. The van der Waals surface area contributed by atoms with Crippen LogP contribution in [0.25, 0.3) is 0 Å². The average molecular weight is 344 g/mol. The fourth-order valence-electron chi connectivity index (χ4n) is 2.11. The van der Waals surface area contributed by atoms with Crippen LogP contribution in [0.15, 0.2) is 28.7 Å². The summed E-state index contributed by atoms with van der Waals surface area (Å²) in [5.74, 6) is 0. The highest BCUT2D eigenvalue weighted by atomic mass is 79.9. The van der Waals surface area contributed by atoms with Gasteiger partial charge in [-0.3, -0.25) is 4.68 Å². The van der Waals surface area contributed by atoms with Gasteiger partial charge in [-0.05, 0) is 25.0 Å². The molecule has 2 rings (SSSR count). The summed E-state index contributed by atoms with van der Waals surface area (Å²) in [6.07, 6.45) is 0.602. The van der Waals surface area contributed by atoms with Crippen molar-refractivity contribution < 1.29 is 5.11 Å². The van der Waals surface area contributed by atoms with E-state index in [-0.39, 0.29) is 0 Å². The molecule has 0 spiro atoms. The van der Waals surface area contributed by atoms with Crippen molar-refractivity contribution in [3.8, 4) is 0 Å². The number of rotatable bonds is 4. The van der Waals surface area contributed by atoms with Crippen LogP contribution in [-0.2, 0) is 19.9 Å². The van der Waals surface area contributed by atoms with E-state index >= 15 is 0 Å². The second-order valence-corrected chi connectivity index (χ2v) is 5.86. The largest absolute Gasteiger partial charge is 0.392 e. The Labute approximate surface area is 126 Å². The average Bonchev–Trinajstić information content (AvgIpc) is 2.59. The molecule has 0 aliphatic carbocycles. The van der Waals surface area contributed by atoms with Gasteiger partial charge in [0.1, 0.15) is 0 Å². The summed E-state index contributed by atoms with van der Waals surface area (Å²) in [6.45, 7) is 1.87. The van der Waals surface area contributed by atoms with Gasteiger partial charge >= 0.3 is 0 Å². The first-order valence-electron chi connectivity index (χ1n) is 6.08. The minimum absolute atomic E-state index is 0.481. The lowest BCUT2D eigenvalue weighted by Crippen LogP contribution is -2.16. The van der Waals surface area contributed by atoms with Gasteiger partial charge in [0, 0.05) is 17.9 Å². The molecule has 2 aromatic rings. The topological polar surface area (TPSA) is 38.0 Å². The number of aryl methyl sites for hydroxylation is 2. The molecule has 0 amide bonds. The first kappa shape index (κ1) is 14.6. The lowest BCUT2D eigenvalue weighted by molar-refractivity contribution is 0.172. The maximum absolute atomic E-state index is 10.2. The van der Waals surface area contributed by atoms with E-state index in [2.05, 4.69) is 21.0 Å². The third kappa shape index (κ3) is 3.38. The lowest BCUT2D eigenvalue weighted by atomic mass is 10.0. The van der Waals surface area contributed by atoms with Gasteiger partial charge in [0.25, 0.3) is 0 Å². The van der Waals surface area contributed by atoms with Crippen molar-refractivity contribution in [2.45, 2.75) is 25.9 Å². The number of nitrogens with zero attached hydrogens (tertiary/aromatic N) is 2. The first-order valence-corrected chi connectivity index (χ1v) is 7.25. The van der Waals surface area contributed by atoms with Crippen molar-refractivity contribution >= 4 is 27.5 Å². The third-order valence-electron chi connectivity index (χ3n) is 3.10. The number of benzene rings is 1. The molecule has 3 nitrogen and oxygen atoms in total. The van der Waals surface area contributed by atoms with E-state index in [1.165, 1.54) is 0 Å². The summed E-state index contributed by atoms with van der Waals surface area (Å²) in [5, 5.41) is 15.1. The van der Waals surface area contributed by atoms with Gasteiger partial charge < -0.3 is 5.11 Å². The zero-order valence-corrected chi connectivity index (χ0v) is 13.2. The third-order valence-corrected chi connectivity index (χ3v) is 4.37. The van der Waals surface area contributed by atoms with Gasteiger partial charge in [-0.15, -0.1) is 0 Å². The van der Waals surface area contributed by atoms with Gasteiger partial charge in [0.05, 0.1) is 22.5 Å². The SMILES string of the molecule is Cc1nn(C)c(CC(O)Cc2ccccc2Br)c1Cl. The smallest absolute Gasteiger partial charge is 0.0847 e. The molecule has 5 heteroatoms. The Morgan fingerprint density at radius 2 is 2.05 bits per heavy atom. The van der Waals surface area contributed by atoms with Crippen LogP contribution in [0.1, 0.15) is 17.0 Å². The molecule has 102 valence electrons. The van der Waals surface area contributed by atoms with Crippen LogP contribution in [0, 0.1) is 6.92 Å². The second-order valence-electron chi connectivity index (χ2n) is 4.62.